The van der Waals surface area contributed by atoms with Gasteiger partial charge in [-0.15, -0.1) is 0 Å². The Bertz CT molecular complexity index is 1760. The molecule has 1 amide bonds. The molecule has 4 rings (SSSR count). The summed E-state index contributed by atoms with van der Waals surface area (Å²) < 4.78 is 56.3. The molecule has 0 fully saturated rings. The normalized spacial score (nSPS) is 11.6. The lowest BCUT2D eigenvalue weighted by atomic mass is 10.2. The Morgan fingerprint density at radius 3 is 1.97 bits per heavy atom. The molecule has 0 saturated heterocycles. The highest BCUT2D eigenvalue weighted by molar-refractivity contribution is 7.93. The molecule has 0 heterocycles. The van der Waals surface area contributed by atoms with Gasteiger partial charge in [-0.05, 0) is 79.2 Å². The molecule has 202 valence electrons. The second kappa shape index (κ2) is 11.4. The number of nitrogens with one attached hydrogen (secondary N) is 3. The first kappa shape index (κ1) is 28.7. The molecule has 3 N–H and O–H groups in total. The number of sulfonamides is 2. The van der Waals surface area contributed by atoms with E-state index in [1.54, 1.807) is 31.2 Å². The third-order valence-corrected chi connectivity index (χ3v) is 9.09. The van der Waals surface area contributed by atoms with Crippen molar-refractivity contribution in [3.8, 4) is 0 Å². The molecule has 0 unspecified atom stereocenters. The Hall–Kier alpha value is -3.28. The third-order valence-electron chi connectivity index (χ3n) is 5.41. The SMILES string of the molecule is Cc1ccccc1NS(=O)(=O)c1cc(C(=O)Nc2ccc(S(=O)(=O)Nc3cc(Cl)cc(Cl)c3)cc2)ccc1Cl. The predicted octanol–water partition coefficient (Wildman–Crippen LogP) is 6.81. The van der Waals surface area contributed by atoms with E-state index in [1.165, 1.54) is 54.6 Å². The Balaban J connectivity index is 1.51. The molecule has 0 radical (unpaired) electrons. The van der Waals surface area contributed by atoms with Crippen molar-refractivity contribution in [1.29, 1.82) is 0 Å². The van der Waals surface area contributed by atoms with Gasteiger partial charge in [0.25, 0.3) is 26.0 Å². The first-order chi connectivity index (χ1) is 18.3. The quantitative estimate of drug-likeness (QED) is 0.199. The molecular formula is C26H20Cl3N3O5S2. The summed E-state index contributed by atoms with van der Waals surface area (Å²) in [6.07, 6.45) is 0. The maximum absolute atomic E-state index is 13.0. The highest BCUT2D eigenvalue weighted by Crippen LogP contribution is 2.28. The summed E-state index contributed by atoms with van der Waals surface area (Å²) in [5.74, 6) is -0.624. The van der Waals surface area contributed by atoms with Crippen molar-refractivity contribution in [3.63, 3.8) is 0 Å². The first-order valence-electron chi connectivity index (χ1n) is 11.1. The van der Waals surface area contributed by atoms with E-state index in [4.69, 9.17) is 34.8 Å². The molecule has 0 aliphatic carbocycles. The molecule has 0 aliphatic heterocycles. The molecular weight excluding hydrogens is 605 g/mol. The minimum Gasteiger partial charge on any atom is -0.322 e. The van der Waals surface area contributed by atoms with Crippen LogP contribution in [0.4, 0.5) is 17.1 Å². The monoisotopic (exact) mass is 623 g/mol. The minimum atomic E-state index is -4.10. The van der Waals surface area contributed by atoms with Crippen molar-refractivity contribution in [2.45, 2.75) is 16.7 Å². The van der Waals surface area contributed by atoms with Crippen molar-refractivity contribution in [2.24, 2.45) is 0 Å². The van der Waals surface area contributed by atoms with E-state index in [0.29, 0.717) is 11.3 Å². The van der Waals surface area contributed by atoms with Gasteiger partial charge in [0.15, 0.2) is 0 Å². The molecule has 13 heteroatoms. The van der Waals surface area contributed by atoms with Crippen molar-refractivity contribution in [2.75, 3.05) is 14.8 Å². The number of rotatable bonds is 8. The molecule has 4 aromatic rings. The van der Waals surface area contributed by atoms with Crippen LogP contribution < -0.4 is 14.8 Å². The molecule has 0 aromatic heterocycles. The van der Waals surface area contributed by atoms with Gasteiger partial charge >= 0.3 is 0 Å². The van der Waals surface area contributed by atoms with Crippen molar-refractivity contribution in [3.05, 3.63) is 111 Å². The summed E-state index contributed by atoms with van der Waals surface area (Å²) in [6.45, 7) is 1.75. The summed E-state index contributed by atoms with van der Waals surface area (Å²) in [4.78, 5) is 12.5. The van der Waals surface area contributed by atoms with E-state index < -0.39 is 26.0 Å². The second-order valence-electron chi connectivity index (χ2n) is 8.31. The zero-order chi connectivity index (χ0) is 28.4. The molecule has 0 atom stereocenters. The van der Waals surface area contributed by atoms with Crippen molar-refractivity contribution >= 4 is 77.8 Å². The van der Waals surface area contributed by atoms with Crippen LogP contribution in [0.15, 0.2) is 94.7 Å². The second-order valence-corrected chi connectivity index (χ2v) is 12.9. The van der Waals surface area contributed by atoms with Crippen molar-refractivity contribution in [1.82, 2.24) is 0 Å². The van der Waals surface area contributed by atoms with E-state index in [9.17, 15) is 21.6 Å². The van der Waals surface area contributed by atoms with Crippen LogP contribution in [0.2, 0.25) is 15.1 Å². The van der Waals surface area contributed by atoms with E-state index in [-0.39, 0.29) is 41.8 Å². The van der Waals surface area contributed by atoms with Crippen LogP contribution >= 0.6 is 34.8 Å². The summed E-state index contributed by atoms with van der Waals surface area (Å²) in [5, 5.41) is 3.08. The Morgan fingerprint density at radius 1 is 0.692 bits per heavy atom. The lowest BCUT2D eigenvalue weighted by Gasteiger charge is -2.13. The van der Waals surface area contributed by atoms with Gasteiger partial charge in [0.1, 0.15) is 4.90 Å². The standard InChI is InChI=1S/C26H20Cl3N3O5S2/c1-16-4-2-3-5-24(16)32-39(36,37)25-12-17(6-11-23(25)29)26(33)30-20-7-9-22(10-8-20)38(34,35)31-21-14-18(27)13-19(28)15-21/h2-15,31-32H,1H3,(H,30,33). The lowest BCUT2D eigenvalue weighted by Crippen LogP contribution is -2.17. The van der Waals surface area contributed by atoms with E-state index in [2.05, 4.69) is 14.8 Å². The number of para-hydroxylation sites is 1. The summed E-state index contributed by atoms with van der Waals surface area (Å²) >= 11 is 18.0. The topological polar surface area (TPSA) is 121 Å². The van der Waals surface area contributed by atoms with Crippen LogP contribution in [0, 0.1) is 6.92 Å². The lowest BCUT2D eigenvalue weighted by molar-refractivity contribution is 0.102. The zero-order valence-corrected chi connectivity index (χ0v) is 24.0. The maximum Gasteiger partial charge on any atom is 0.263 e. The Kier molecular flexibility index (Phi) is 8.43. The molecule has 0 spiro atoms. The predicted molar refractivity (Wildman–Crippen MR) is 155 cm³/mol. The largest absolute Gasteiger partial charge is 0.322 e. The highest BCUT2D eigenvalue weighted by atomic mass is 35.5. The van der Waals surface area contributed by atoms with Gasteiger partial charge in [-0.1, -0.05) is 53.0 Å². The maximum atomic E-state index is 13.0. The number of amides is 1. The number of carbonyl (C=O) groups excluding carboxylic acids is 1. The zero-order valence-electron chi connectivity index (χ0n) is 20.1. The van der Waals surface area contributed by atoms with Gasteiger partial charge < -0.3 is 5.32 Å². The van der Waals surface area contributed by atoms with Gasteiger partial charge in [0.2, 0.25) is 0 Å². The summed E-state index contributed by atoms with van der Waals surface area (Å²) in [7, 11) is -8.07. The van der Waals surface area contributed by atoms with Gasteiger partial charge in [0, 0.05) is 21.3 Å². The van der Waals surface area contributed by atoms with Crippen LogP contribution in [0.5, 0.6) is 0 Å². The summed E-state index contributed by atoms with van der Waals surface area (Å²) in [5.41, 5.74) is 1.59. The van der Waals surface area contributed by atoms with Gasteiger partial charge in [-0.25, -0.2) is 16.8 Å². The molecule has 0 bridgehead atoms. The minimum absolute atomic E-state index is 0.0285. The van der Waals surface area contributed by atoms with E-state index >= 15 is 0 Å². The summed E-state index contributed by atoms with van der Waals surface area (Å²) in [6, 6.07) is 20.4. The fraction of sp³-hybridized carbons (Fsp3) is 0.0385. The fourth-order valence-corrected chi connectivity index (χ4v) is 6.71. The number of anilines is 3. The molecule has 0 aliphatic rings. The van der Waals surface area contributed by atoms with Crippen LogP contribution in [0.3, 0.4) is 0 Å². The Labute approximate surface area is 241 Å². The van der Waals surface area contributed by atoms with Gasteiger partial charge in [-0.2, -0.15) is 0 Å². The first-order valence-corrected chi connectivity index (χ1v) is 15.2. The molecule has 0 saturated carbocycles. The number of aryl methyl sites for hydroxylation is 1. The molecule has 8 nitrogen and oxygen atoms in total. The number of halogens is 3. The highest BCUT2D eigenvalue weighted by Gasteiger charge is 2.21. The average Bonchev–Trinajstić information content (AvgIpc) is 2.85. The van der Waals surface area contributed by atoms with Gasteiger partial charge in [0.05, 0.1) is 21.3 Å². The smallest absolute Gasteiger partial charge is 0.263 e. The van der Waals surface area contributed by atoms with Gasteiger partial charge in [-0.3, -0.25) is 14.2 Å². The average molecular weight is 625 g/mol. The van der Waals surface area contributed by atoms with Crippen molar-refractivity contribution < 1.29 is 21.6 Å². The fourth-order valence-electron chi connectivity index (χ4n) is 3.49. The number of benzene rings is 4. The number of carbonyl (C=O) groups is 1. The van der Waals surface area contributed by atoms with E-state index in [1.807, 2.05) is 0 Å². The Morgan fingerprint density at radius 2 is 1.33 bits per heavy atom. The number of hydrogen-bond acceptors (Lipinski definition) is 5. The molecule has 39 heavy (non-hydrogen) atoms. The third kappa shape index (κ3) is 7.03. The van der Waals surface area contributed by atoms with Crippen LogP contribution in [-0.4, -0.2) is 22.7 Å². The van der Waals surface area contributed by atoms with E-state index in [0.717, 1.165) is 6.07 Å². The van der Waals surface area contributed by atoms with Crippen LogP contribution in [0.1, 0.15) is 15.9 Å². The van der Waals surface area contributed by atoms with Crippen LogP contribution in [0.25, 0.3) is 0 Å². The number of hydrogen-bond donors (Lipinski definition) is 3. The molecule has 4 aromatic carbocycles. The van der Waals surface area contributed by atoms with Crippen LogP contribution in [-0.2, 0) is 20.0 Å².